The molecule has 0 saturated heterocycles. The first-order valence-electron chi connectivity index (χ1n) is 6.13. The summed E-state index contributed by atoms with van der Waals surface area (Å²) in [6.07, 6.45) is 2.62. The van der Waals surface area contributed by atoms with Crippen LogP contribution in [0.1, 0.15) is 18.4 Å². The molecule has 0 aliphatic heterocycles. The van der Waals surface area contributed by atoms with E-state index in [2.05, 4.69) is 5.32 Å². The molecule has 4 nitrogen and oxygen atoms in total. The first kappa shape index (κ1) is 16.5. The Morgan fingerprint density at radius 2 is 1.70 bits per heavy atom. The number of unbranched alkanes of at least 4 members (excludes halogenated alkanes) is 1. The van der Waals surface area contributed by atoms with Gasteiger partial charge in [-0.2, -0.15) is 0 Å². The van der Waals surface area contributed by atoms with E-state index < -0.39 is 21.9 Å². The number of carbonyl (C=O) groups excluding carboxylic acids is 1. The third-order valence-corrected chi connectivity index (χ3v) is 3.41. The number of hydrogen-bond donors (Lipinski definition) is 2. The van der Waals surface area contributed by atoms with Gasteiger partial charge in [-0.25, -0.2) is 4.79 Å². The minimum Gasteiger partial charge on any atom is -0.477 e. The largest absolute Gasteiger partial charge is 0.477 e. The van der Waals surface area contributed by atoms with Gasteiger partial charge < -0.3 is 10.4 Å². The zero-order valence-electron chi connectivity index (χ0n) is 10.7. The van der Waals surface area contributed by atoms with Crippen LogP contribution in [0.25, 0.3) is 0 Å². The van der Waals surface area contributed by atoms with Crippen LogP contribution in [0.15, 0.2) is 40.4 Å². The normalized spacial score (nSPS) is 11.7. The van der Waals surface area contributed by atoms with E-state index in [-0.39, 0.29) is 0 Å². The second kappa shape index (κ2) is 8.61. The molecule has 0 spiro atoms. The number of benzene rings is 1. The molecule has 6 heteroatoms. The van der Waals surface area contributed by atoms with Crippen LogP contribution in [0.2, 0.25) is 0 Å². The Hall–Kier alpha value is -1.52. The molecular formula is C14H15Cl2NO3. The van der Waals surface area contributed by atoms with Crippen LogP contribution in [0, 0.1) is 0 Å². The van der Waals surface area contributed by atoms with Crippen molar-refractivity contribution >= 4 is 35.1 Å². The number of carboxylic acid groups (broad SMARTS) is 1. The fourth-order valence-corrected chi connectivity index (χ4v) is 1.81. The van der Waals surface area contributed by atoms with Gasteiger partial charge in [-0.05, 0) is 24.8 Å². The molecule has 0 saturated carbocycles. The highest BCUT2D eigenvalue weighted by Gasteiger charge is 2.16. The van der Waals surface area contributed by atoms with Crippen molar-refractivity contribution in [1.29, 1.82) is 0 Å². The van der Waals surface area contributed by atoms with Crippen molar-refractivity contribution in [1.82, 2.24) is 5.32 Å². The van der Waals surface area contributed by atoms with Crippen molar-refractivity contribution in [2.75, 3.05) is 6.54 Å². The van der Waals surface area contributed by atoms with E-state index >= 15 is 0 Å². The molecule has 0 aromatic heterocycles. The third-order valence-electron chi connectivity index (χ3n) is 2.60. The molecular weight excluding hydrogens is 301 g/mol. The molecule has 0 aliphatic rings. The van der Waals surface area contributed by atoms with E-state index in [1.54, 1.807) is 0 Å². The van der Waals surface area contributed by atoms with E-state index in [4.69, 9.17) is 28.3 Å². The molecule has 108 valence electrons. The summed E-state index contributed by atoms with van der Waals surface area (Å²) in [5.74, 6) is -2.09. The number of amides is 1. The van der Waals surface area contributed by atoms with Crippen LogP contribution in [0.3, 0.4) is 0 Å². The Kier molecular flexibility index (Phi) is 7.12. The summed E-state index contributed by atoms with van der Waals surface area (Å²) in [4.78, 5) is 22.0. The van der Waals surface area contributed by atoms with Gasteiger partial charge in [-0.1, -0.05) is 53.5 Å². The Labute approximate surface area is 127 Å². The maximum Gasteiger partial charge on any atom is 0.349 e. The Morgan fingerprint density at radius 1 is 1.05 bits per heavy atom. The molecule has 0 fully saturated rings. The lowest BCUT2D eigenvalue weighted by Crippen LogP contribution is -2.25. The summed E-state index contributed by atoms with van der Waals surface area (Å²) in [7, 11) is 0. The van der Waals surface area contributed by atoms with Gasteiger partial charge >= 0.3 is 5.97 Å². The van der Waals surface area contributed by atoms with Crippen LogP contribution in [0.4, 0.5) is 0 Å². The second-order valence-corrected chi connectivity index (χ2v) is 4.89. The molecule has 1 aromatic carbocycles. The average molecular weight is 316 g/mol. The van der Waals surface area contributed by atoms with Gasteiger partial charge in [0.05, 0.1) is 0 Å². The molecule has 1 amide bonds. The molecule has 0 radical (unpaired) electrons. The number of aliphatic carboxylic acids is 1. The monoisotopic (exact) mass is 315 g/mol. The van der Waals surface area contributed by atoms with Crippen molar-refractivity contribution in [3.05, 3.63) is 46.0 Å². The fraction of sp³-hybridized carbons (Fsp3) is 0.286. The van der Waals surface area contributed by atoms with Gasteiger partial charge in [0.25, 0.3) is 5.91 Å². The zero-order chi connectivity index (χ0) is 15.0. The smallest absolute Gasteiger partial charge is 0.349 e. The maximum absolute atomic E-state index is 11.5. The van der Waals surface area contributed by atoms with E-state index in [1.807, 2.05) is 30.3 Å². The van der Waals surface area contributed by atoms with Gasteiger partial charge in [0.1, 0.15) is 10.1 Å². The van der Waals surface area contributed by atoms with Gasteiger partial charge in [-0.3, -0.25) is 4.79 Å². The Morgan fingerprint density at radius 3 is 2.30 bits per heavy atom. The van der Waals surface area contributed by atoms with Crippen LogP contribution in [-0.2, 0) is 16.0 Å². The van der Waals surface area contributed by atoms with Crippen LogP contribution >= 0.6 is 23.2 Å². The molecule has 1 rings (SSSR count). The highest BCUT2D eigenvalue weighted by atomic mass is 35.5. The van der Waals surface area contributed by atoms with E-state index in [1.165, 1.54) is 5.56 Å². The summed E-state index contributed by atoms with van der Waals surface area (Å²) in [6, 6.07) is 10.0. The number of aryl methyl sites for hydroxylation is 1. The summed E-state index contributed by atoms with van der Waals surface area (Å²) < 4.78 is 0. The molecule has 0 bridgehead atoms. The first-order valence-corrected chi connectivity index (χ1v) is 6.88. The van der Waals surface area contributed by atoms with Crippen LogP contribution < -0.4 is 5.32 Å². The van der Waals surface area contributed by atoms with Gasteiger partial charge in [-0.15, -0.1) is 0 Å². The number of rotatable bonds is 7. The van der Waals surface area contributed by atoms with Gasteiger partial charge in [0.2, 0.25) is 0 Å². The zero-order valence-corrected chi connectivity index (χ0v) is 12.2. The van der Waals surface area contributed by atoms with Crippen LogP contribution in [0.5, 0.6) is 0 Å². The molecule has 0 atom stereocenters. The fourth-order valence-electron chi connectivity index (χ4n) is 1.57. The molecule has 2 N–H and O–H groups in total. The summed E-state index contributed by atoms with van der Waals surface area (Å²) in [5.41, 5.74) is 1.24. The highest BCUT2D eigenvalue weighted by Crippen LogP contribution is 2.14. The van der Waals surface area contributed by atoms with Crippen molar-refractivity contribution in [2.24, 2.45) is 0 Å². The third kappa shape index (κ3) is 5.63. The number of carboxylic acids is 1. The predicted molar refractivity (Wildman–Crippen MR) is 78.8 cm³/mol. The molecule has 0 unspecified atom stereocenters. The number of hydrogen-bond acceptors (Lipinski definition) is 2. The van der Waals surface area contributed by atoms with Gasteiger partial charge in [0, 0.05) is 6.54 Å². The molecule has 1 aromatic rings. The summed E-state index contributed by atoms with van der Waals surface area (Å²) >= 11 is 10.9. The lowest BCUT2D eigenvalue weighted by molar-refractivity contribution is -0.132. The standard InChI is InChI=1S/C14H15Cl2NO3/c15-11(12(16)14(19)20)13(18)17-9-5-4-8-10-6-2-1-3-7-10/h1-3,6-7H,4-5,8-9H2,(H,17,18)(H,19,20)/b12-11-. The summed E-state index contributed by atoms with van der Waals surface area (Å²) in [5, 5.41) is 9.94. The SMILES string of the molecule is O=C(O)/C(Cl)=C(/Cl)C(=O)NCCCCc1ccccc1. The topological polar surface area (TPSA) is 66.4 Å². The van der Waals surface area contributed by atoms with Crippen molar-refractivity contribution in [3.8, 4) is 0 Å². The second-order valence-electron chi connectivity index (χ2n) is 4.13. The predicted octanol–water partition coefficient (Wildman–Crippen LogP) is 2.90. The quantitative estimate of drug-likeness (QED) is 0.600. The minimum atomic E-state index is -1.42. The average Bonchev–Trinajstić information content (AvgIpc) is 2.46. The Balaban J connectivity index is 2.26. The highest BCUT2D eigenvalue weighted by molar-refractivity contribution is 6.53. The van der Waals surface area contributed by atoms with E-state index in [0.29, 0.717) is 6.54 Å². The molecule has 0 heterocycles. The van der Waals surface area contributed by atoms with E-state index in [9.17, 15) is 9.59 Å². The summed E-state index contributed by atoms with van der Waals surface area (Å²) in [6.45, 7) is 0.422. The van der Waals surface area contributed by atoms with E-state index in [0.717, 1.165) is 19.3 Å². The number of nitrogens with one attached hydrogen (secondary N) is 1. The van der Waals surface area contributed by atoms with Crippen molar-refractivity contribution in [2.45, 2.75) is 19.3 Å². The van der Waals surface area contributed by atoms with Crippen molar-refractivity contribution in [3.63, 3.8) is 0 Å². The first-order chi connectivity index (χ1) is 9.52. The van der Waals surface area contributed by atoms with Crippen LogP contribution in [-0.4, -0.2) is 23.5 Å². The van der Waals surface area contributed by atoms with Gasteiger partial charge in [0.15, 0.2) is 0 Å². The van der Waals surface area contributed by atoms with Crippen molar-refractivity contribution < 1.29 is 14.7 Å². The lowest BCUT2D eigenvalue weighted by atomic mass is 10.1. The Bertz CT molecular complexity index is 500. The maximum atomic E-state index is 11.5. The lowest BCUT2D eigenvalue weighted by Gasteiger charge is -2.05. The number of halogens is 2. The molecule has 20 heavy (non-hydrogen) atoms. The minimum absolute atomic E-state index is 0.422. The number of carbonyl (C=O) groups is 2. The molecule has 0 aliphatic carbocycles.